The van der Waals surface area contributed by atoms with E-state index >= 15 is 0 Å². The number of hydrogen-bond acceptors (Lipinski definition) is 4. The monoisotopic (exact) mass is 368 g/mol. The molecule has 0 amide bonds. The highest BCUT2D eigenvalue weighted by Crippen LogP contribution is 2.22. The van der Waals surface area contributed by atoms with E-state index in [0.717, 1.165) is 38.5 Å². The quantitative estimate of drug-likeness (QED) is 0.187. The largest absolute Gasteiger partial charge is 0.466 e. The lowest BCUT2D eigenvalue weighted by atomic mass is 9.96. The zero-order valence-electron chi connectivity index (χ0n) is 17.5. The maximum absolute atomic E-state index is 12.2. The van der Waals surface area contributed by atoms with Gasteiger partial charge in [-0.2, -0.15) is 0 Å². The molecule has 0 fully saturated rings. The average molecular weight is 369 g/mol. The SMILES string of the molecule is CCCCCCCCCC/C(C(=O)OC)=C(\CCCCCC)C(=O)OC. The van der Waals surface area contributed by atoms with E-state index in [9.17, 15) is 9.59 Å². The van der Waals surface area contributed by atoms with Crippen LogP contribution in [0.1, 0.15) is 104 Å². The van der Waals surface area contributed by atoms with Crippen molar-refractivity contribution in [1.29, 1.82) is 0 Å². The molecule has 0 unspecified atom stereocenters. The Morgan fingerprint density at radius 2 is 0.846 bits per heavy atom. The van der Waals surface area contributed by atoms with E-state index in [1.165, 1.54) is 52.7 Å². The fourth-order valence-electron chi connectivity index (χ4n) is 3.16. The smallest absolute Gasteiger partial charge is 0.334 e. The predicted octanol–water partition coefficient (Wildman–Crippen LogP) is 6.13. The van der Waals surface area contributed by atoms with Gasteiger partial charge < -0.3 is 9.47 Å². The van der Waals surface area contributed by atoms with Crippen LogP contribution in [-0.4, -0.2) is 26.2 Å². The maximum Gasteiger partial charge on any atom is 0.334 e. The Balaban J connectivity index is 4.67. The fraction of sp³-hybridized carbons (Fsp3) is 0.818. The number of unbranched alkanes of at least 4 members (excludes halogenated alkanes) is 10. The zero-order valence-corrected chi connectivity index (χ0v) is 17.5. The van der Waals surface area contributed by atoms with Gasteiger partial charge in [0.2, 0.25) is 0 Å². The van der Waals surface area contributed by atoms with Gasteiger partial charge in [0.25, 0.3) is 0 Å². The number of methoxy groups -OCH3 is 2. The van der Waals surface area contributed by atoms with Gasteiger partial charge in [0, 0.05) is 11.1 Å². The minimum atomic E-state index is -0.388. The van der Waals surface area contributed by atoms with Crippen LogP contribution in [0.2, 0.25) is 0 Å². The average Bonchev–Trinajstić information content (AvgIpc) is 2.66. The van der Waals surface area contributed by atoms with Gasteiger partial charge in [0.15, 0.2) is 0 Å². The molecule has 0 aliphatic rings. The molecular formula is C22H40O4. The Bertz CT molecular complexity index is 412. The van der Waals surface area contributed by atoms with Gasteiger partial charge in [-0.15, -0.1) is 0 Å². The minimum absolute atomic E-state index is 0.385. The standard InChI is InChI=1S/C22H40O4/c1-5-7-9-11-12-13-14-16-18-20(22(24)26-4)19(21(23)25-3)17-15-10-8-6-2/h5-18H2,1-4H3/b20-19-. The molecule has 0 aromatic carbocycles. The number of carbonyl (C=O) groups excluding carboxylic acids is 2. The zero-order chi connectivity index (χ0) is 19.6. The molecule has 0 aliphatic carbocycles. The maximum atomic E-state index is 12.2. The van der Waals surface area contributed by atoms with Gasteiger partial charge in [0.1, 0.15) is 0 Å². The summed E-state index contributed by atoms with van der Waals surface area (Å²) in [5.41, 5.74) is 1.03. The van der Waals surface area contributed by atoms with Crippen LogP contribution < -0.4 is 0 Å². The summed E-state index contributed by atoms with van der Waals surface area (Å²) in [6, 6.07) is 0. The van der Waals surface area contributed by atoms with E-state index in [4.69, 9.17) is 9.47 Å². The van der Waals surface area contributed by atoms with Crippen LogP contribution in [0.3, 0.4) is 0 Å². The topological polar surface area (TPSA) is 52.6 Å². The molecule has 0 rings (SSSR count). The van der Waals surface area contributed by atoms with Crippen LogP contribution in [0.25, 0.3) is 0 Å². The van der Waals surface area contributed by atoms with Gasteiger partial charge >= 0.3 is 11.9 Å². The van der Waals surface area contributed by atoms with Crippen molar-refractivity contribution < 1.29 is 19.1 Å². The highest BCUT2D eigenvalue weighted by molar-refractivity contribution is 6.00. The molecule has 0 atom stereocenters. The lowest BCUT2D eigenvalue weighted by Crippen LogP contribution is -2.15. The lowest BCUT2D eigenvalue weighted by molar-refractivity contribution is -0.139. The molecule has 0 aromatic rings. The number of rotatable bonds is 16. The van der Waals surface area contributed by atoms with Crippen LogP contribution in [-0.2, 0) is 19.1 Å². The Kier molecular flexibility index (Phi) is 16.2. The first-order chi connectivity index (χ1) is 12.6. The first kappa shape index (κ1) is 24.7. The van der Waals surface area contributed by atoms with Crippen LogP contribution in [0.5, 0.6) is 0 Å². The van der Waals surface area contributed by atoms with Crippen molar-refractivity contribution in [3.8, 4) is 0 Å². The van der Waals surface area contributed by atoms with Crippen molar-refractivity contribution in [3.63, 3.8) is 0 Å². The molecule has 152 valence electrons. The van der Waals surface area contributed by atoms with E-state index in [1.807, 2.05) is 0 Å². The Morgan fingerprint density at radius 3 is 1.19 bits per heavy atom. The number of esters is 2. The second-order valence-corrected chi connectivity index (χ2v) is 6.98. The predicted molar refractivity (Wildman–Crippen MR) is 107 cm³/mol. The van der Waals surface area contributed by atoms with Gasteiger partial charge in [0.05, 0.1) is 14.2 Å². The van der Waals surface area contributed by atoms with Gasteiger partial charge in [-0.1, -0.05) is 78.1 Å². The summed E-state index contributed by atoms with van der Waals surface area (Å²) in [5.74, 6) is -0.773. The van der Waals surface area contributed by atoms with E-state index < -0.39 is 0 Å². The number of hydrogen-bond donors (Lipinski definition) is 0. The van der Waals surface area contributed by atoms with E-state index in [0.29, 0.717) is 24.0 Å². The highest BCUT2D eigenvalue weighted by atomic mass is 16.5. The van der Waals surface area contributed by atoms with Crippen LogP contribution >= 0.6 is 0 Å². The summed E-state index contributed by atoms with van der Waals surface area (Å²) in [4.78, 5) is 24.4. The molecule has 0 aliphatic heterocycles. The summed E-state index contributed by atoms with van der Waals surface area (Å²) >= 11 is 0. The molecule has 0 saturated carbocycles. The molecule has 4 nitrogen and oxygen atoms in total. The van der Waals surface area contributed by atoms with Crippen LogP contribution in [0.4, 0.5) is 0 Å². The van der Waals surface area contributed by atoms with Crippen molar-refractivity contribution in [2.24, 2.45) is 0 Å². The van der Waals surface area contributed by atoms with E-state index in [1.54, 1.807) is 0 Å². The first-order valence-corrected chi connectivity index (χ1v) is 10.5. The van der Waals surface area contributed by atoms with E-state index in [-0.39, 0.29) is 11.9 Å². The van der Waals surface area contributed by atoms with Crippen LogP contribution in [0, 0.1) is 0 Å². The molecule has 0 aromatic heterocycles. The number of carbonyl (C=O) groups is 2. The van der Waals surface area contributed by atoms with Crippen molar-refractivity contribution in [1.82, 2.24) is 0 Å². The molecule has 4 heteroatoms. The summed E-state index contributed by atoms with van der Waals surface area (Å²) in [6.45, 7) is 4.38. The molecular weight excluding hydrogens is 328 g/mol. The van der Waals surface area contributed by atoms with E-state index in [2.05, 4.69) is 13.8 Å². The molecule has 0 heterocycles. The van der Waals surface area contributed by atoms with Crippen molar-refractivity contribution in [3.05, 3.63) is 11.1 Å². The second-order valence-electron chi connectivity index (χ2n) is 6.98. The third kappa shape index (κ3) is 11.3. The highest BCUT2D eigenvalue weighted by Gasteiger charge is 2.21. The molecule has 0 saturated heterocycles. The summed E-state index contributed by atoms with van der Waals surface area (Å²) in [5, 5.41) is 0. The molecule has 26 heavy (non-hydrogen) atoms. The van der Waals surface area contributed by atoms with Crippen LogP contribution in [0.15, 0.2) is 11.1 Å². The van der Waals surface area contributed by atoms with Gasteiger partial charge in [-0.25, -0.2) is 9.59 Å². The second kappa shape index (κ2) is 17.1. The molecule has 0 spiro atoms. The normalized spacial score (nSPS) is 11.8. The fourth-order valence-corrected chi connectivity index (χ4v) is 3.16. The third-order valence-electron chi connectivity index (χ3n) is 4.79. The minimum Gasteiger partial charge on any atom is -0.466 e. The van der Waals surface area contributed by atoms with Crippen molar-refractivity contribution in [2.45, 2.75) is 104 Å². The number of ether oxygens (including phenoxy) is 2. The molecule has 0 N–H and O–H groups in total. The molecule has 0 bridgehead atoms. The Morgan fingerprint density at radius 1 is 0.538 bits per heavy atom. The Labute approximate surface area is 160 Å². The Hall–Kier alpha value is -1.32. The molecule has 0 radical (unpaired) electrons. The van der Waals surface area contributed by atoms with Crippen molar-refractivity contribution in [2.75, 3.05) is 14.2 Å². The summed E-state index contributed by atoms with van der Waals surface area (Å²) in [7, 11) is 2.75. The first-order valence-electron chi connectivity index (χ1n) is 10.5. The summed E-state index contributed by atoms with van der Waals surface area (Å²) in [6.07, 6.45) is 15.0. The lowest BCUT2D eigenvalue weighted by Gasteiger charge is -2.13. The van der Waals surface area contributed by atoms with Gasteiger partial charge in [-0.3, -0.25) is 0 Å². The summed E-state index contributed by atoms with van der Waals surface area (Å²) < 4.78 is 9.86. The van der Waals surface area contributed by atoms with Crippen molar-refractivity contribution >= 4 is 11.9 Å². The third-order valence-corrected chi connectivity index (χ3v) is 4.79. The van der Waals surface area contributed by atoms with Gasteiger partial charge in [-0.05, 0) is 25.7 Å².